The minimum atomic E-state index is 0. The standard InChI is InChI=1S/C15H22N2O3.ClH/c1-10-7-17(9-12(10)16)8-11-5-13(18-2)15-14(6-11)19-3-4-20-15;/h5-6,10,12H,3-4,7-9,16H2,1-2H3;1H. The second-order valence-electron chi connectivity index (χ2n) is 5.66. The molecule has 6 heteroatoms. The van der Waals surface area contributed by atoms with Crippen molar-refractivity contribution in [1.82, 2.24) is 4.90 Å². The van der Waals surface area contributed by atoms with E-state index in [4.69, 9.17) is 19.9 Å². The van der Waals surface area contributed by atoms with Crippen molar-refractivity contribution >= 4 is 12.4 Å². The van der Waals surface area contributed by atoms with Crippen LogP contribution in [0.25, 0.3) is 0 Å². The topological polar surface area (TPSA) is 57.0 Å². The molecule has 0 radical (unpaired) electrons. The molecule has 2 N–H and O–H groups in total. The summed E-state index contributed by atoms with van der Waals surface area (Å²) in [4.78, 5) is 2.38. The van der Waals surface area contributed by atoms with Crippen LogP contribution in [0.1, 0.15) is 12.5 Å². The maximum Gasteiger partial charge on any atom is 0.203 e. The van der Waals surface area contributed by atoms with E-state index < -0.39 is 0 Å². The first-order valence-electron chi connectivity index (χ1n) is 7.12. The van der Waals surface area contributed by atoms with E-state index in [0.29, 0.717) is 24.9 Å². The number of halogens is 1. The zero-order valence-corrected chi connectivity index (χ0v) is 13.3. The lowest BCUT2D eigenvalue weighted by Crippen LogP contribution is -2.28. The van der Waals surface area contributed by atoms with Crippen LogP contribution in [0.15, 0.2) is 12.1 Å². The number of methoxy groups -OCH3 is 1. The van der Waals surface area contributed by atoms with Crippen molar-refractivity contribution in [2.24, 2.45) is 11.7 Å². The van der Waals surface area contributed by atoms with E-state index in [1.807, 2.05) is 12.1 Å². The highest BCUT2D eigenvalue weighted by Gasteiger charge is 2.27. The maximum atomic E-state index is 6.08. The van der Waals surface area contributed by atoms with E-state index in [2.05, 4.69) is 11.8 Å². The van der Waals surface area contributed by atoms with Crippen molar-refractivity contribution in [3.63, 3.8) is 0 Å². The summed E-state index contributed by atoms with van der Waals surface area (Å²) < 4.78 is 16.7. The van der Waals surface area contributed by atoms with E-state index in [9.17, 15) is 0 Å². The van der Waals surface area contributed by atoms with Gasteiger partial charge in [-0.15, -0.1) is 12.4 Å². The third-order valence-electron chi connectivity index (χ3n) is 4.04. The van der Waals surface area contributed by atoms with E-state index in [0.717, 1.165) is 31.1 Å². The zero-order valence-electron chi connectivity index (χ0n) is 12.5. The molecule has 1 saturated heterocycles. The number of benzene rings is 1. The van der Waals surface area contributed by atoms with Crippen LogP contribution in [0.3, 0.4) is 0 Å². The Balaban J connectivity index is 0.00000161. The molecule has 0 amide bonds. The maximum absolute atomic E-state index is 6.08. The Morgan fingerprint density at radius 3 is 2.71 bits per heavy atom. The average molecular weight is 315 g/mol. The van der Waals surface area contributed by atoms with Gasteiger partial charge in [0.2, 0.25) is 5.75 Å². The molecule has 1 aromatic carbocycles. The molecule has 0 bridgehead atoms. The fourth-order valence-corrected chi connectivity index (χ4v) is 2.90. The van der Waals surface area contributed by atoms with Crippen LogP contribution in [-0.2, 0) is 6.54 Å². The summed E-state index contributed by atoms with van der Waals surface area (Å²) in [6.45, 7) is 6.21. The molecule has 2 aliphatic heterocycles. The highest BCUT2D eigenvalue weighted by atomic mass is 35.5. The van der Waals surface area contributed by atoms with Gasteiger partial charge in [0.05, 0.1) is 7.11 Å². The predicted octanol–water partition coefficient (Wildman–Crippen LogP) is 1.67. The van der Waals surface area contributed by atoms with Gasteiger partial charge >= 0.3 is 0 Å². The molecule has 0 aromatic heterocycles. The summed E-state index contributed by atoms with van der Waals surface area (Å²) in [5.74, 6) is 2.79. The van der Waals surface area contributed by atoms with Crippen LogP contribution >= 0.6 is 12.4 Å². The van der Waals surface area contributed by atoms with E-state index in [1.54, 1.807) is 7.11 Å². The Bertz CT molecular complexity index is 471. The lowest BCUT2D eigenvalue weighted by Gasteiger charge is -2.23. The molecule has 2 atom stereocenters. The number of rotatable bonds is 3. The minimum absolute atomic E-state index is 0. The summed E-state index contributed by atoms with van der Waals surface area (Å²) in [6.07, 6.45) is 0. The van der Waals surface area contributed by atoms with Crippen LogP contribution in [0.2, 0.25) is 0 Å². The normalized spacial score (nSPS) is 24.5. The molecule has 0 aliphatic carbocycles. The first kappa shape index (κ1) is 16.2. The summed E-state index contributed by atoms with van der Waals surface area (Å²) in [6, 6.07) is 4.35. The highest BCUT2D eigenvalue weighted by Crippen LogP contribution is 2.40. The first-order chi connectivity index (χ1) is 9.67. The van der Waals surface area contributed by atoms with E-state index >= 15 is 0 Å². The SMILES string of the molecule is COc1cc(CN2CC(C)C(N)C2)cc2c1OCCO2.Cl. The van der Waals surface area contributed by atoms with Gasteiger partial charge in [-0.3, -0.25) is 4.90 Å². The van der Waals surface area contributed by atoms with E-state index in [-0.39, 0.29) is 18.4 Å². The third-order valence-corrected chi connectivity index (χ3v) is 4.04. The molecule has 3 rings (SSSR count). The number of hydrogen-bond acceptors (Lipinski definition) is 5. The van der Waals surface area contributed by atoms with Gasteiger partial charge in [-0.2, -0.15) is 0 Å². The van der Waals surface area contributed by atoms with Gasteiger partial charge in [-0.25, -0.2) is 0 Å². The van der Waals surface area contributed by atoms with Crippen molar-refractivity contribution in [1.29, 1.82) is 0 Å². The molecule has 0 saturated carbocycles. The molecule has 21 heavy (non-hydrogen) atoms. The Morgan fingerprint density at radius 2 is 2.05 bits per heavy atom. The Morgan fingerprint density at radius 1 is 1.29 bits per heavy atom. The monoisotopic (exact) mass is 314 g/mol. The van der Waals surface area contributed by atoms with Gasteiger partial charge in [0.25, 0.3) is 0 Å². The van der Waals surface area contributed by atoms with Crippen LogP contribution in [0.4, 0.5) is 0 Å². The van der Waals surface area contributed by atoms with Gasteiger partial charge in [-0.1, -0.05) is 6.92 Å². The van der Waals surface area contributed by atoms with Gasteiger partial charge in [0.1, 0.15) is 13.2 Å². The average Bonchev–Trinajstić information content (AvgIpc) is 2.76. The van der Waals surface area contributed by atoms with Gasteiger partial charge < -0.3 is 19.9 Å². The summed E-state index contributed by atoms with van der Waals surface area (Å²) in [5.41, 5.74) is 7.25. The molecule has 2 aliphatic rings. The van der Waals surface area contributed by atoms with Gasteiger partial charge in [0, 0.05) is 25.7 Å². The number of fused-ring (bicyclic) bond motifs is 1. The molecule has 2 unspecified atom stereocenters. The molecular formula is C15H23ClN2O3. The molecule has 0 spiro atoms. The van der Waals surface area contributed by atoms with Crippen LogP contribution in [0, 0.1) is 5.92 Å². The molecule has 5 nitrogen and oxygen atoms in total. The zero-order chi connectivity index (χ0) is 14.1. The second kappa shape index (κ2) is 6.73. The highest BCUT2D eigenvalue weighted by molar-refractivity contribution is 5.85. The number of hydrogen-bond donors (Lipinski definition) is 1. The van der Waals surface area contributed by atoms with Gasteiger partial charge in [-0.05, 0) is 23.6 Å². The van der Waals surface area contributed by atoms with Crippen molar-refractivity contribution in [3.8, 4) is 17.2 Å². The van der Waals surface area contributed by atoms with Crippen LogP contribution < -0.4 is 19.9 Å². The van der Waals surface area contributed by atoms with Crippen LogP contribution in [0.5, 0.6) is 17.2 Å². The van der Waals surface area contributed by atoms with Crippen LogP contribution in [-0.4, -0.2) is 44.4 Å². The molecular weight excluding hydrogens is 292 g/mol. The van der Waals surface area contributed by atoms with Crippen molar-refractivity contribution < 1.29 is 14.2 Å². The summed E-state index contributed by atoms with van der Waals surface area (Å²) in [5, 5.41) is 0. The van der Waals surface area contributed by atoms with Crippen molar-refractivity contribution in [3.05, 3.63) is 17.7 Å². The number of likely N-dealkylation sites (tertiary alicyclic amines) is 1. The number of ether oxygens (including phenoxy) is 3. The smallest absolute Gasteiger partial charge is 0.203 e. The third kappa shape index (κ3) is 3.36. The summed E-state index contributed by atoms with van der Waals surface area (Å²) >= 11 is 0. The Hall–Kier alpha value is -1.17. The van der Waals surface area contributed by atoms with Gasteiger partial charge in [0.15, 0.2) is 11.5 Å². The molecule has 1 fully saturated rings. The predicted molar refractivity (Wildman–Crippen MR) is 83.6 cm³/mol. The van der Waals surface area contributed by atoms with Crippen molar-refractivity contribution in [2.75, 3.05) is 33.4 Å². The van der Waals surface area contributed by atoms with E-state index in [1.165, 1.54) is 5.56 Å². The lowest BCUT2D eigenvalue weighted by molar-refractivity contribution is 0.164. The number of nitrogens with zero attached hydrogens (tertiary/aromatic N) is 1. The minimum Gasteiger partial charge on any atom is -0.493 e. The Kier molecular flexibility index (Phi) is 5.19. The molecule has 118 valence electrons. The summed E-state index contributed by atoms with van der Waals surface area (Å²) in [7, 11) is 1.66. The lowest BCUT2D eigenvalue weighted by atomic mass is 10.1. The Labute approximate surface area is 131 Å². The fourth-order valence-electron chi connectivity index (χ4n) is 2.90. The molecule has 1 aromatic rings. The quantitative estimate of drug-likeness (QED) is 0.919. The fraction of sp³-hybridized carbons (Fsp3) is 0.600. The van der Waals surface area contributed by atoms with Crippen molar-refractivity contribution in [2.45, 2.75) is 19.5 Å². The first-order valence-corrected chi connectivity index (χ1v) is 7.12. The second-order valence-corrected chi connectivity index (χ2v) is 5.66. The molecule has 2 heterocycles. The largest absolute Gasteiger partial charge is 0.493 e. The number of nitrogens with two attached hydrogens (primary N) is 1.